The molecule has 0 unspecified atom stereocenters. The molecule has 9 heteroatoms. The highest BCUT2D eigenvalue weighted by atomic mass is 32.2. The normalized spacial score (nSPS) is 14.9. The molecule has 2 heterocycles. The van der Waals surface area contributed by atoms with Gasteiger partial charge in [0.15, 0.2) is 0 Å². The van der Waals surface area contributed by atoms with Crippen molar-refractivity contribution in [1.29, 1.82) is 0 Å². The molecule has 1 aliphatic rings. The number of hydrogen-bond donors (Lipinski definition) is 1. The molecule has 0 saturated carbocycles. The molecule has 1 amide bonds. The number of amides is 1. The molecule has 30 heavy (non-hydrogen) atoms. The van der Waals surface area contributed by atoms with Crippen molar-refractivity contribution < 1.29 is 13.2 Å². The fourth-order valence-electron chi connectivity index (χ4n) is 3.15. The largest absolute Gasteiger partial charge is 0.326 e. The van der Waals surface area contributed by atoms with Gasteiger partial charge < -0.3 is 5.32 Å². The predicted molar refractivity (Wildman–Crippen MR) is 119 cm³/mol. The zero-order valence-corrected chi connectivity index (χ0v) is 19.2. The minimum absolute atomic E-state index is 0.118. The Hall–Kier alpha value is -1.97. The zero-order valence-electron chi connectivity index (χ0n) is 17.6. The number of aryl methyl sites for hydroxylation is 1. The van der Waals surface area contributed by atoms with Crippen molar-refractivity contribution in [1.82, 2.24) is 14.3 Å². The van der Waals surface area contributed by atoms with Crippen LogP contribution in [0.4, 0.5) is 5.69 Å². The van der Waals surface area contributed by atoms with Crippen LogP contribution in [0.3, 0.4) is 0 Å². The third kappa shape index (κ3) is 5.80. The molecule has 0 atom stereocenters. The van der Waals surface area contributed by atoms with E-state index in [-0.39, 0.29) is 16.7 Å². The second-order valence-electron chi connectivity index (χ2n) is 7.64. The number of anilines is 1. The first-order chi connectivity index (χ1) is 14.3. The number of sulfonamides is 1. The zero-order chi connectivity index (χ0) is 21.7. The molecule has 0 aliphatic carbocycles. The molecule has 7 nitrogen and oxygen atoms in total. The van der Waals surface area contributed by atoms with E-state index in [4.69, 9.17) is 0 Å². The van der Waals surface area contributed by atoms with E-state index < -0.39 is 10.0 Å². The Morgan fingerprint density at radius 1 is 1.17 bits per heavy atom. The van der Waals surface area contributed by atoms with E-state index in [0.717, 1.165) is 29.4 Å². The lowest BCUT2D eigenvalue weighted by atomic mass is 10.2. The van der Waals surface area contributed by atoms with Gasteiger partial charge >= 0.3 is 0 Å². The van der Waals surface area contributed by atoms with E-state index in [0.29, 0.717) is 31.0 Å². The van der Waals surface area contributed by atoms with Crippen LogP contribution >= 0.6 is 11.8 Å². The minimum Gasteiger partial charge on any atom is -0.326 e. The number of aromatic nitrogens is 2. The van der Waals surface area contributed by atoms with Crippen LogP contribution in [0.5, 0.6) is 0 Å². The Labute approximate surface area is 182 Å². The molecule has 1 aromatic carbocycles. The summed E-state index contributed by atoms with van der Waals surface area (Å²) in [5.74, 6) is 1.55. The summed E-state index contributed by atoms with van der Waals surface area (Å²) in [7, 11) is -3.44. The molecule has 1 N–H and O–H groups in total. The summed E-state index contributed by atoms with van der Waals surface area (Å²) in [6.45, 7) is 7.20. The Morgan fingerprint density at radius 3 is 2.47 bits per heavy atom. The van der Waals surface area contributed by atoms with E-state index in [2.05, 4.69) is 29.1 Å². The SMILES string of the molecule is Cc1cc(SCCC(=O)Nc2ccc(S(=O)(=O)N3CCCC3)cc2)nc(C(C)C)n1. The number of nitrogens with zero attached hydrogens (tertiary/aromatic N) is 3. The molecule has 1 saturated heterocycles. The average Bonchev–Trinajstić information content (AvgIpc) is 3.24. The van der Waals surface area contributed by atoms with Crippen LogP contribution in [0.25, 0.3) is 0 Å². The fourth-order valence-corrected chi connectivity index (χ4v) is 5.58. The van der Waals surface area contributed by atoms with Crippen LogP contribution in [-0.2, 0) is 14.8 Å². The maximum absolute atomic E-state index is 12.6. The van der Waals surface area contributed by atoms with E-state index in [1.807, 2.05) is 13.0 Å². The summed E-state index contributed by atoms with van der Waals surface area (Å²) in [5.41, 5.74) is 1.51. The standard InChI is InChI=1S/C21H28N4O3S2/c1-15(2)21-22-16(3)14-20(24-21)29-13-10-19(26)23-17-6-8-18(9-7-17)30(27,28)25-11-4-5-12-25/h6-9,14-15H,4-5,10-13H2,1-3H3,(H,23,26). The second kappa shape index (κ2) is 9.89. The Morgan fingerprint density at radius 2 is 1.83 bits per heavy atom. The van der Waals surface area contributed by atoms with Crippen LogP contribution in [0.2, 0.25) is 0 Å². The topological polar surface area (TPSA) is 92.3 Å². The number of carbonyl (C=O) groups is 1. The molecule has 0 bridgehead atoms. The lowest BCUT2D eigenvalue weighted by Gasteiger charge is -2.15. The number of carbonyl (C=O) groups excluding carboxylic acids is 1. The molecule has 162 valence electrons. The van der Waals surface area contributed by atoms with Gasteiger partial charge in [-0.3, -0.25) is 4.79 Å². The maximum atomic E-state index is 12.6. The van der Waals surface area contributed by atoms with Crippen LogP contribution in [0, 0.1) is 6.92 Å². The number of nitrogens with one attached hydrogen (secondary N) is 1. The molecule has 1 fully saturated rings. The van der Waals surface area contributed by atoms with Gasteiger partial charge in [-0.2, -0.15) is 4.31 Å². The fraction of sp³-hybridized carbons (Fsp3) is 0.476. The van der Waals surface area contributed by atoms with Gasteiger partial charge in [0.2, 0.25) is 15.9 Å². The first kappa shape index (κ1) is 22.7. The third-order valence-electron chi connectivity index (χ3n) is 4.78. The summed E-state index contributed by atoms with van der Waals surface area (Å²) in [5, 5.41) is 3.69. The van der Waals surface area contributed by atoms with Crippen molar-refractivity contribution in [3.8, 4) is 0 Å². The van der Waals surface area contributed by atoms with Gasteiger partial charge in [-0.05, 0) is 50.1 Å². The average molecular weight is 449 g/mol. The van der Waals surface area contributed by atoms with Gasteiger partial charge in [0.25, 0.3) is 0 Å². The smallest absolute Gasteiger partial charge is 0.243 e. The first-order valence-electron chi connectivity index (χ1n) is 10.1. The summed E-state index contributed by atoms with van der Waals surface area (Å²) in [4.78, 5) is 21.5. The van der Waals surface area contributed by atoms with Gasteiger partial charge in [-0.15, -0.1) is 11.8 Å². The quantitative estimate of drug-likeness (QED) is 0.488. The lowest BCUT2D eigenvalue weighted by Crippen LogP contribution is -2.27. The van der Waals surface area contributed by atoms with Crippen LogP contribution in [0.15, 0.2) is 40.3 Å². The van der Waals surface area contributed by atoms with E-state index in [1.54, 1.807) is 24.3 Å². The Kier molecular flexibility index (Phi) is 7.49. The molecule has 1 aromatic heterocycles. The molecule has 2 aromatic rings. The van der Waals surface area contributed by atoms with Crippen molar-refractivity contribution in [2.45, 2.75) is 55.9 Å². The summed E-state index contributed by atoms with van der Waals surface area (Å²) in [6.07, 6.45) is 2.13. The minimum atomic E-state index is -3.44. The lowest BCUT2D eigenvalue weighted by molar-refractivity contribution is -0.115. The highest BCUT2D eigenvalue weighted by Gasteiger charge is 2.26. The van der Waals surface area contributed by atoms with Crippen molar-refractivity contribution >= 4 is 33.4 Å². The van der Waals surface area contributed by atoms with Gasteiger partial charge in [0, 0.05) is 42.6 Å². The molecular formula is C21H28N4O3S2. The number of rotatable bonds is 8. The van der Waals surface area contributed by atoms with Gasteiger partial charge in [-0.25, -0.2) is 18.4 Å². The van der Waals surface area contributed by atoms with E-state index in [9.17, 15) is 13.2 Å². The Balaban J connectivity index is 1.52. The molecule has 1 aliphatic heterocycles. The first-order valence-corrected chi connectivity index (χ1v) is 12.6. The molecular weight excluding hydrogens is 420 g/mol. The van der Waals surface area contributed by atoms with Crippen molar-refractivity contribution in [2.24, 2.45) is 0 Å². The van der Waals surface area contributed by atoms with E-state index >= 15 is 0 Å². The molecule has 0 spiro atoms. The van der Waals surface area contributed by atoms with Gasteiger partial charge in [0.1, 0.15) is 5.82 Å². The molecule has 3 rings (SSSR count). The Bertz CT molecular complexity index is 986. The van der Waals surface area contributed by atoms with Crippen LogP contribution < -0.4 is 5.32 Å². The van der Waals surface area contributed by atoms with Crippen molar-refractivity contribution in [2.75, 3.05) is 24.2 Å². The maximum Gasteiger partial charge on any atom is 0.243 e. The van der Waals surface area contributed by atoms with Crippen LogP contribution in [-0.4, -0.2) is 47.4 Å². The number of hydrogen-bond acceptors (Lipinski definition) is 6. The van der Waals surface area contributed by atoms with E-state index in [1.165, 1.54) is 16.1 Å². The predicted octanol–water partition coefficient (Wildman–Crippen LogP) is 3.81. The highest BCUT2D eigenvalue weighted by Crippen LogP contribution is 2.23. The monoisotopic (exact) mass is 448 g/mol. The number of thioether (sulfide) groups is 1. The van der Waals surface area contributed by atoms with Crippen molar-refractivity contribution in [3.63, 3.8) is 0 Å². The number of benzene rings is 1. The molecule has 0 radical (unpaired) electrons. The van der Waals surface area contributed by atoms with Gasteiger partial charge in [0.05, 0.1) is 9.92 Å². The third-order valence-corrected chi connectivity index (χ3v) is 7.61. The van der Waals surface area contributed by atoms with Crippen LogP contribution in [0.1, 0.15) is 50.5 Å². The summed E-state index contributed by atoms with van der Waals surface area (Å²) < 4.78 is 26.6. The van der Waals surface area contributed by atoms with Crippen molar-refractivity contribution in [3.05, 3.63) is 41.9 Å². The highest BCUT2D eigenvalue weighted by molar-refractivity contribution is 7.99. The summed E-state index contributed by atoms with van der Waals surface area (Å²) in [6, 6.07) is 8.30. The van der Waals surface area contributed by atoms with Gasteiger partial charge in [-0.1, -0.05) is 13.8 Å². The summed E-state index contributed by atoms with van der Waals surface area (Å²) >= 11 is 1.53. The second-order valence-corrected chi connectivity index (χ2v) is 10.7.